The molecule has 2 rings (SSSR count). The van der Waals surface area contributed by atoms with Crippen molar-refractivity contribution in [1.29, 1.82) is 0 Å². The molecule has 1 aliphatic rings. The number of rotatable bonds is 3. The monoisotopic (exact) mass is 289 g/mol. The fourth-order valence-corrected chi connectivity index (χ4v) is 3.16. The zero-order valence-corrected chi connectivity index (χ0v) is 12.6. The highest BCUT2D eigenvalue weighted by molar-refractivity contribution is 5.96. The Labute approximate surface area is 124 Å². The maximum absolute atomic E-state index is 12.5. The van der Waals surface area contributed by atoms with Crippen LogP contribution in [0.2, 0.25) is 0 Å². The predicted octanol–water partition coefficient (Wildman–Crippen LogP) is 1.40. The largest absolute Gasteiger partial charge is 0.550 e. The smallest absolute Gasteiger partial charge is 0.228 e. The minimum absolute atomic E-state index is 0.192. The molecule has 0 spiro atoms. The van der Waals surface area contributed by atoms with E-state index < -0.39 is 16.8 Å². The third-order valence-electron chi connectivity index (χ3n) is 5.21. The van der Waals surface area contributed by atoms with Gasteiger partial charge < -0.3 is 21.0 Å². The number of hydrogen-bond donors (Lipinski definition) is 2. The predicted molar refractivity (Wildman–Crippen MR) is 79.1 cm³/mol. The number of carbonyl (C=O) groups excluding carboxylic acids is 2. The number of nitrogens with one attached hydrogen (secondary N) is 1. The average Bonchev–Trinajstić information content (AvgIpc) is 2.64. The minimum atomic E-state index is -1.10. The Morgan fingerprint density at radius 3 is 2.43 bits per heavy atom. The molecule has 5 nitrogen and oxygen atoms in total. The topological polar surface area (TPSA) is 95.2 Å². The second-order valence-corrected chi connectivity index (χ2v) is 6.51. The summed E-state index contributed by atoms with van der Waals surface area (Å²) in [5.74, 6) is -1.68. The Hall–Kier alpha value is -2.04. The second-order valence-electron chi connectivity index (χ2n) is 6.51. The number of amides is 1. The maximum Gasteiger partial charge on any atom is 0.228 e. The molecule has 5 heteroatoms. The molecule has 0 aromatic heterocycles. The van der Waals surface area contributed by atoms with Gasteiger partial charge in [-0.3, -0.25) is 4.79 Å². The highest BCUT2D eigenvalue weighted by Crippen LogP contribution is 2.55. The molecule has 0 radical (unpaired) electrons. The summed E-state index contributed by atoms with van der Waals surface area (Å²) in [5.41, 5.74) is 5.18. The Kier molecular flexibility index (Phi) is 3.70. The molecule has 1 fully saturated rings. The lowest BCUT2D eigenvalue weighted by Gasteiger charge is -2.41. The Morgan fingerprint density at radius 2 is 1.90 bits per heavy atom. The zero-order valence-electron chi connectivity index (χ0n) is 12.6. The van der Waals surface area contributed by atoms with Crippen molar-refractivity contribution < 1.29 is 14.7 Å². The first-order valence-electron chi connectivity index (χ1n) is 7.07. The van der Waals surface area contributed by atoms with E-state index in [4.69, 9.17) is 5.73 Å². The molecular weight excluding hydrogens is 268 g/mol. The van der Waals surface area contributed by atoms with Crippen LogP contribution in [-0.2, 0) is 9.59 Å². The zero-order chi connectivity index (χ0) is 15.8. The van der Waals surface area contributed by atoms with Crippen molar-refractivity contribution in [3.05, 3.63) is 24.3 Å². The van der Waals surface area contributed by atoms with Gasteiger partial charge in [0.25, 0.3) is 0 Å². The third kappa shape index (κ3) is 2.37. The van der Waals surface area contributed by atoms with E-state index in [2.05, 4.69) is 5.32 Å². The van der Waals surface area contributed by atoms with Crippen LogP contribution in [0.25, 0.3) is 0 Å². The molecule has 0 bridgehead atoms. The van der Waals surface area contributed by atoms with Gasteiger partial charge in [0, 0.05) is 17.3 Å². The van der Waals surface area contributed by atoms with Crippen LogP contribution in [0, 0.1) is 16.7 Å². The molecule has 1 aliphatic carbocycles. The molecule has 1 aromatic rings. The lowest BCUT2D eigenvalue weighted by Crippen LogP contribution is -2.49. The number of para-hydroxylation sites is 2. The summed E-state index contributed by atoms with van der Waals surface area (Å²) in [6, 6.07) is 7.02. The van der Waals surface area contributed by atoms with Gasteiger partial charge >= 0.3 is 0 Å². The Bertz CT molecular complexity index is 583. The number of carboxylic acid groups (broad SMARTS) is 1. The molecule has 3 N–H and O–H groups in total. The summed E-state index contributed by atoms with van der Waals surface area (Å²) in [5, 5.41) is 14.3. The van der Waals surface area contributed by atoms with Crippen molar-refractivity contribution >= 4 is 23.3 Å². The maximum atomic E-state index is 12.5. The van der Waals surface area contributed by atoms with Gasteiger partial charge in [-0.2, -0.15) is 0 Å². The fraction of sp³-hybridized carbons (Fsp3) is 0.500. The second kappa shape index (κ2) is 5.06. The van der Waals surface area contributed by atoms with E-state index in [1.807, 2.05) is 13.8 Å². The molecule has 0 heterocycles. The van der Waals surface area contributed by atoms with E-state index in [0.717, 1.165) is 0 Å². The van der Waals surface area contributed by atoms with E-state index in [1.165, 1.54) is 0 Å². The summed E-state index contributed by atoms with van der Waals surface area (Å²) in [6.07, 6.45) is 0.959. The SMILES string of the molecule is CC1(C)[C@@H](C(=O)Nc2ccccc2N)CC[C@]1(C)C(=O)[O-]. The number of nitrogen functional groups attached to an aromatic ring is 1. The summed E-state index contributed by atoms with van der Waals surface area (Å²) in [7, 11) is 0. The Balaban J connectivity index is 2.22. The number of nitrogens with two attached hydrogens (primary N) is 1. The number of aliphatic carboxylic acids is 1. The highest BCUT2D eigenvalue weighted by atomic mass is 16.4. The number of carbonyl (C=O) groups is 2. The molecule has 0 saturated heterocycles. The first-order chi connectivity index (χ1) is 9.70. The van der Waals surface area contributed by atoms with Crippen LogP contribution < -0.4 is 16.2 Å². The molecular formula is C16H21N2O3-. The standard InChI is InChI=1S/C16H22N2O3/c1-15(2)10(8-9-16(15,3)14(20)21)13(19)18-12-7-5-4-6-11(12)17/h4-7,10H,8-9,17H2,1-3H3,(H,18,19)(H,20,21)/p-1/t10-,16-/m1/s1. The third-order valence-corrected chi connectivity index (χ3v) is 5.21. The fourth-order valence-electron chi connectivity index (χ4n) is 3.16. The molecule has 21 heavy (non-hydrogen) atoms. The number of anilines is 2. The molecule has 114 valence electrons. The first-order valence-corrected chi connectivity index (χ1v) is 7.07. The molecule has 1 saturated carbocycles. The van der Waals surface area contributed by atoms with Gasteiger partial charge in [-0.1, -0.05) is 32.9 Å². The quantitative estimate of drug-likeness (QED) is 0.822. The van der Waals surface area contributed by atoms with Crippen LogP contribution in [0.3, 0.4) is 0 Å². The van der Waals surface area contributed by atoms with Crippen LogP contribution in [0.4, 0.5) is 11.4 Å². The number of carboxylic acids is 1. The van der Waals surface area contributed by atoms with Crippen molar-refractivity contribution in [2.75, 3.05) is 11.1 Å². The lowest BCUT2D eigenvalue weighted by molar-refractivity contribution is -0.323. The Morgan fingerprint density at radius 1 is 1.29 bits per heavy atom. The van der Waals surface area contributed by atoms with Crippen molar-refractivity contribution in [2.24, 2.45) is 16.7 Å². The van der Waals surface area contributed by atoms with E-state index in [0.29, 0.717) is 24.2 Å². The summed E-state index contributed by atoms with van der Waals surface area (Å²) in [6.45, 7) is 5.29. The van der Waals surface area contributed by atoms with E-state index >= 15 is 0 Å². The molecule has 2 atom stereocenters. The van der Waals surface area contributed by atoms with Crippen LogP contribution in [0.1, 0.15) is 33.6 Å². The van der Waals surface area contributed by atoms with E-state index in [-0.39, 0.29) is 11.8 Å². The normalized spacial score (nSPS) is 27.3. The van der Waals surface area contributed by atoms with E-state index in [1.54, 1.807) is 31.2 Å². The molecule has 0 aliphatic heterocycles. The average molecular weight is 289 g/mol. The molecule has 1 amide bonds. The summed E-state index contributed by atoms with van der Waals surface area (Å²) < 4.78 is 0. The van der Waals surface area contributed by atoms with E-state index in [9.17, 15) is 14.7 Å². The van der Waals surface area contributed by atoms with Crippen LogP contribution in [-0.4, -0.2) is 11.9 Å². The summed E-state index contributed by atoms with van der Waals surface area (Å²) in [4.78, 5) is 24.0. The van der Waals surface area contributed by atoms with Crippen LogP contribution >= 0.6 is 0 Å². The van der Waals surface area contributed by atoms with Gasteiger partial charge in [0.2, 0.25) is 5.91 Å². The minimum Gasteiger partial charge on any atom is -0.550 e. The van der Waals surface area contributed by atoms with Crippen molar-refractivity contribution in [3.8, 4) is 0 Å². The molecule has 0 unspecified atom stereocenters. The van der Waals surface area contributed by atoms with Crippen molar-refractivity contribution in [2.45, 2.75) is 33.6 Å². The van der Waals surface area contributed by atoms with Crippen LogP contribution in [0.15, 0.2) is 24.3 Å². The van der Waals surface area contributed by atoms with Crippen molar-refractivity contribution in [3.63, 3.8) is 0 Å². The number of benzene rings is 1. The van der Waals surface area contributed by atoms with Gasteiger partial charge in [-0.05, 0) is 30.4 Å². The van der Waals surface area contributed by atoms with Crippen molar-refractivity contribution in [1.82, 2.24) is 0 Å². The van der Waals surface area contributed by atoms with Crippen LogP contribution in [0.5, 0.6) is 0 Å². The van der Waals surface area contributed by atoms with Gasteiger partial charge in [-0.15, -0.1) is 0 Å². The highest BCUT2D eigenvalue weighted by Gasteiger charge is 2.54. The first kappa shape index (κ1) is 15.4. The number of hydrogen-bond acceptors (Lipinski definition) is 4. The summed E-state index contributed by atoms with van der Waals surface area (Å²) >= 11 is 0. The van der Waals surface area contributed by atoms with Gasteiger partial charge in [0.05, 0.1) is 11.4 Å². The van der Waals surface area contributed by atoms with Gasteiger partial charge in [0.1, 0.15) is 0 Å². The lowest BCUT2D eigenvalue weighted by atomic mass is 9.65. The van der Waals surface area contributed by atoms with Gasteiger partial charge in [-0.25, -0.2) is 0 Å². The van der Waals surface area contributed by atoms with Gasteiger partial charge in [0.15, 0.2) is 0 Å². The molecule has 1 aromatic carbocycles.